The summed E-state index contributed by atoms with van der Waals surface area (Å²) >= 11 is 12.2. The molecule has 2 N–H and O–H groups in total. The molecule has 5 heteroatoms. The van der Waals surface area contributed by atoms with Gasteiger partial charge >= 0.3 is 6.09 Å². The molecule has 1 unspecified atom stereocenters. The van der Waals surface area contributed by atoms with Crippen LogP contribution in [0, 0.1) is 5.41 Å². The van der Waals surface area contributed by atoms with Crippen molar-refractivity contribution in [3.63, 3.8) is 0 Å². The number of amides is 1. The standard InChI is InChI=1S/C18H17Cl2NO2/c1-18(2)9-11-4-3-10(7-15(11)16(18)23-17(21)22)12-5-13(19)8-14(20)6-12/h3-8,16H,9H2,1-2H3,(H2,21,22). The van der Waals surface area contributed by atoms with Gasteiger partial charge in [0.1, 0.15) is 6.10 Å². The van der Waals surface area contributed by atoms with E-state index in [1.807, 2.05) is 24.3 Å². The van der Waals surface area contributed by atoms with Crippen LogP contribution in [0.15, 0.2) is 36.4 Å². The molecule has 2 aromatic carbocycles. The Hall–Kier alpha value is -1.71. The fraction of sp³-hybridized carbons (Fsp3) is 0.278. The van der Waals surface area contributed by atoms with Crippen LogP contribution in [0.4, 0.5) is 4.79 Å². The van der Waals surface area contributed by atoms with Crippen molar-refractivity contribution in [1.82, 2.24) is 0 Å². The van der Waals surface area contributed by atoms with E-state index in [0.29, 0.717) is 10.0 Å². The highest BCUT2D eigenvalue weighted by atomic mass is 35.5. The number of rotatable bonds is 2. The number of halogens is 2. The molecule has 0 aromatic heterocycles. The Balaban J connectivity index is 2.07. The third-order valence-corrected chi connectivity index (χ3v) is 4.65. The highest BCUT2D eigenvalue weighted by Gasteiger charge is 2.41. The van der Waals surface area contributed by atoms with Gasteiger partial charge in [-0.3, -0.25) is 0 Å². The van der Waals surface area contributed by atoms with Gasteiger partial charge in [0, 0.05) is 15.5 Å². The van der Waals surface area contributed by atoms with Crippen LogP contribution in [0.5, 0.6) is 0 Å². The van der Waals surface area contributed by atoms with Crippen molar-refractivity contribution in [1.29, 1.82) is 0 Å². The molecule has 1 aliphatic carbocycles. The molecule has 120 valence electrons. The first kappa shape index (κ1) is 16.2. The highest BCUT2D eigenvalue weighted by molar-refractivity contribution is 6.35. The zero-order valence-electron chi connectivity index (χ0n) is 12.9. The molecule has 1 amide bonds. The SMILES string of the molecule is CC1(C)Cc2ccc(-c3cc(Cl)cc(Cl)c3)cc2C1OC(N)=O. The minimum Gasteiger partial charge on any atom is -0.441 e. The Bertz CT molecular complexity index is 766. The van der Waals surface area contributed by atoms with E-state index in [1.165, 1.54) is 0 Å². The summed E-state index contributed by atoms with van der Waals surface area (Å²) in [6.45, 7) is 4.13. The van der Waals surface area contributed by atoms with Crippen LogP contribution in [-0.2, 0) is 11.2 Å². The molecule has 0 heterocycles. The van der Waals surface area contributed by atoms with Crippen molar-refractivity contribution in [2.45, 2.75) is 26.4 Å². The van der Waals surface area contributed by atoms with Crippen LogP contribution in [0.2, 0.25) is 10.0 Å². The van der Waals surface area contributed by atoms with Gasteiger partial charge in [0.25, 0.3) is 0 Å². The predicted molar refractivity (Wildman–Crippen MR) is 92.8 cm³/mol. The molecular formula is C18H17Cl2NO2. The minimum atomic E-state index is -0.757. The van der Waals surface area contributed by atoms with Crippen LogP contribution < -0.4 is 5.73 Å². The lowest BCUT2D eigenvalue weighted by Gasteiger charge is -2.26. The summed E-state index contributed by atoms with van der Waals surface area (Å²) in [5, 5.41) is 1.16. The van der Waals surface area contributed by atoms with E-state index < -0.39 is 6.09 Å². The first-order valence-electron chi connectivity index (χ1n) is 7.32. The summed E-state index contributed by atoms with van der Waals surface area (Å²) in [5.41, 5.74) is 9.10. The van der Waals surface area contributed by atoms with Gasteiger partial charge in [0.05, 0.1) is 0 Å². The molecule has 0 saturated heterocycles. The Kier molecular flexibility index (Phi) is 4.03. The van der Waals surface area contributed by atoms with E-state index >= 15 is 0 Å². The normalized spacial score (nSPS) is 18.5. The van der Waals surface area contributed by atoms with Gasteiger partial charge in [-0.1, -0.05) is 49.2 Å². The molecule has 0 saturated carbocycles. The van der Waals surface area contributed by atoms with Crippen LogP contribution in [0.1, 0.15) is 31.1 Å². The topological polar surface area (TPSA) is 52.3 Å². The van der Waals surface area contributed by atoms with Gasteiger partial charge in [-0.15, -0.1) is 0 Å². The minimum absolute atomic E-state index is 0.192. The number of nitrogens with two attached hydrogens (primary N) is 1. The second kappa shape index (κ2) is 5.73. The van der Waals surface area contributed by atoms with Crippen molar-refractivity contribution in [3.8, 4) is 11.1 Å². The summed E-state index contributed by atoms with van der Waals surface area (Å²) in [5.74, 6) is 0. The van der Waals surface area contributed by atoms with E-state index in [0.717, 1.165) is 28.7 Å². The van der Waals surface area contributed by atoms with Crippen LogP contribution in [0.25, 0.3) is 11.1 Å². The first-order valence-corrected chi connectivity index (χ1v) is 8.07. The third-order valence-electron chi connectivity index (χ3n) is 4.21. The molecule has 0 aliphatic heterocycles. The molecule has 0 radical (unpaired) electrons. The molecule has 0 fully saturated rings. The summed E-state index contributed by atoms with van der Waals surface area (Å²) < 4.78 is 5.38. The number of carbonyl (C=O) groups is 1. The summed E-state index contributed by atoms with van der Waals surface area (Å²) in [7, 11) is 0. The molecule has 3 nitrogen and oxygen atoms in total. The van der Waals surface area contributed by atoms with Crippen molar-refractivity contribution in [2.75, 3.05) is 0 Å². The third kappa shape index (κ3) is 3.17. The van der Waals surface area contributed by atoms with Gasteiger partial charge < -0.3 is 10.5 Å². The molecular weight excluding hydrogens is 333 g/mol. The second-order valence-corrected chi connectivity index (χ2v) is 7.43. The zero-order chi connectivity index (χ0) is 16.8. The fourth-order valence-electron chi connectivity index (χ4n) is 3.24. The fourth-order valence-corrected chi connectivity index (χ4v) is 3.77. The Morgan fingerprint density at radius 2 is 1.78 bits per heavy atom. The number of benzene rings is 2. The summed E-state index contributed by atoms with van der Waals surface area (Å²) in [6, 6.07) is 11.5. The van der Waals surface area contributed by atoms with Crippen molar-refractivity contribution in [3.05, 3.63) is 57.6 Å². The average molecular weight is 350 g/mol. The van der Waals surface area contributed by atoms with E-state index in [2.05, 4.69) is 19.9 Å². The number of primary amides is 1. The van der Waals surface area contributed by atoms with Crippen LogP contribution >= 0.6 is 23.2 Å². The lowest BCUT2D eigenvalue weighted by atomic mass is 9.87. The first-order chi connectivity index (χ1) is 10.8. The molecule has 1 aliphatic rings. The van der Waals surface area contributed by atoms with E-state index in [4.69, 9.17) is 33.7 Å². The monoisotopic (exact) mass is 349 g/mol. The molecule has 2 aromatic rings. The number of carbonyl (C=O) groups excluding carboxylic acids is 1. The maximum atomic E-state index is 11.3. The number of fused-ring (bicyclic) bond motifs is 1. The highest BCUT2D eigenvalue weighted by Crippen LogP contribution is 2.48. The number of hydrogen-bond donors (Lipinski definition) is 1. The van der Waals surface area contributed by atoms with E-state index in [9.17, 15) is 4.79 Å². The number of hydrogen-bond acceptors (Lipinski definition) is 2. The molecule has 0 spiro atoms. The Morgan fingerprint density at radius 1 is 1.13 bits per heavy atom. The maximum absolute atomic E-state index is 11.3. The second-order valence-electron chi connectivity index (χ2n) is 6.55. The molecule has 3 rings (SSSR count). The molecule has 0 bridgehead atoms. The molecule has 23 heavy (non-hydrogen) atoms. The van der Waals surface area contributed by atoms with Crippen molar-refractivity contribution < 1.29 is 9.53 Å². The van der Waals surface area contributed by atoms with Gasteiger partial charge in [-0.05, 0) is 52.9 Å². The number of ether oxygens (including phenoxy) is 1. The van der Waals surface area contributed by atoms with Gasteiger partial charge in [0.2, 0.25) is 0 Å². The predicted octanol–water partition coefficient (Wildman–Crippen LogP) is 5.38. The van der Waals surface area contributed by atoms with Crippen molar-refractivity contribution >= 4 is 29.3 Å². The quantitative estimate of drug-likeness (QED) is 0.791. The van der Waals surface area contributed by atoms with E-state index in [-0.39, 0.29) is 11.5 Å². The average Bonchev–Trinajstić information content (AvgIpc) is 2.67. The Labute approximate surface area is 145 Å². The maximum Gasteiger partial charge on any atom is 0.405 e. The van der Waals surface area contributed by atoms with Gasteiger partial charge in [-0.25, -0.2) is 4.79 Å². The Morgan fingerprint density at radius 3 is 2.39 bits per heavy atom. The van der Waals surface area contributed by atoms with E-state index in [1.54, 1.807) is 6.07 Å². The van der Waals surface area contributed by atoms with Crippen molar-refractivity contribution in [2.24, 2.45) is 11.1 Å². The largest absolute Gasteiger partial charge is 0.441 e. The lowest BCUT2D eigenvalue weighted by molar-refractivity contribution is 0.0392. The van der Waals surface area contributed by atoms with Crippen LogP contribution in [-0.4, -0.2) is 6.09 Å². The lowest BCUT2D eigenvalue weighted by Crippen LogP contribution is -2.25. The van der Waals surface area contributed by atoms with Gasteiger partial charge in [-0.2, -0.15) is 0 Å². The van der Waals surface area contributed by atoms with Crippen LogP contribution in [0.3, 0.4) is 0 Å². The summed E-state index contributed by atoms with van der Waals surface area (Å²) in [4.78, 5) is 11.3. The zero-order valence-corrected chi connectivity index (χ0v) is 14.4. The molecule has 1 atom stereocenters. The van der Waals surface area contributed by atoms with Gasteiger partial charge in [0.15, 0.2) is 0 Å². The smallest absolute Gasteiger partial charge is 0.405 e. The summed E-state index contributed by atoms with van der Waals surface area (Å²) in [6.07, 6.45) is -0.284.